The lowest BCUT2D eigenvalue weighted by atomic mass is 10.2. The van der Waals surface area contributed by atoms with Gasteiger partial charge in [-0.2, -0.15) is 0 Å². The third kappa shape index (κ3) is 3.43. The monoisotopic (exact) mass is 380 g/mol. The topological polar surface area (TPSA) is 107 Å². The summed E-state index contributed by atoms with van der Waals surface area (Å²) >= 11 is 2.74. The number of carbonyl (C=O) groups is 2. The molecule has 0 saturated carbocycles. The van der Waals surface area contributed by atoms with Crippen molar-refractivity contribution >= 4 is 45.3 Å². The minimum absolute atomic E-state index is 0.0312. The molecule has 9 heteroatoms. The van der Waals surface area contributed by atoms with Crippen molar-refractivity contribution in [3.8, 4) is 0 Å². The Kier molecular flexibility index (Phi) is 5.14. The van der Waals surface area contributed by atoms with Crippen molar-refractivity contribution in [2.24, 2.45) is 5.73 Å². The number of amides is 3. The molecule has 0 unspecified atom stereocenters. The minimum Gasteiger partial charge on any atom is -0.351 e. The Morgan fingerprint density at radius 2 is 2.20 bits per heavy atom. The highest BCUT2D eigenvalue weighted by atomic mass is 32.2. The van der Waals surface area contributed by atoms with Gasteiger partial charge in [0.25, 0.3) is 5.56 Å². The molecule has 3 amide bonds. The van der Waals surface area contributed by atoms with Gasteiger partial charge in [0.05, 0.1) is 10.6 Å². The average Bonchev–Trinajstić information content (AvgIpc) is 3.10. The van der Waals surface area contributed by atoms with Crippen molar-refractivity contribution in [1.29, 1.82) is 0 Å². The van der Waals surface area contributed by atoms with Crippen LogP contribution in [0.5, 0.6) is 0 Å². The summed E-state index contributed by atoms with van der Waals surface area (Å²) < 4.78 is 1.65. The van der Waals surface area contributed by atoms with Crippen molar-refractivity contribution < 1.29 is 9.59 Å². The second-order valence-corrected chi connectivity index (χ2v) is 8.39. The van der Waals surface area contributed by atoms with Crippen molar-refractivity contribution in [1.82, 2.24) is 14.9 Å². The summed E-state index contributed by atoms with van der Waals surface area (Å²) in [6.45, 7) is 4.19. The van der Waals surface area contributed by atoms with E-state index >= 15 is 0 Å². The van der Waals surface area contributed by atoms with Crippen LogP contribution < -0.4 is 16.6 Å². The van der Waals surface area contributed by atoms with Crippen LogP contribution in [0.1, 0.15) is 37.1 Å². The number of nitrogens with two attached hydrogens (primary N) is 1. The molecule has 0 fully saturated rings. The zero-order valence-corrected chi connectivity index (χ0v) is 15.8. The molecule has 134 valence electrons. The highest BCUT2D eigenvalue weighted by Gasteiger charge is 2.25. The van der Waals surface area contributed by atoms with Crippen molar-refractivity contribution in [3.05, 3.63) is 20.8 Å². The quantitative estimate of drug-likeness (QED) is 0.610. The van der Waals surface area contributed by atoms with Gasteiger partial charge in [-0.1, -0.05) is 18.7 Å². The molecule has 0 aliphatic heterocycles. The van der Waals surface area contributed by atoms with E-state index in [0.29, 0.717) is 11.7 Å². The van der Waals surface area contributed by atoms with Gasteiger partial charge in [-0.05, 0) is 38.2 Å². The molecular formula is C16H20N4O3S2. The van der Waals surface area contributed by atoms with Crippen molar-refractivity contribution in [2.75, 3.05) is 0 Å². The molecule has 7 nitrogen and oxygen atoms in total. The first-order chi connectivity index (χ1) is 11.9. The van der Waals surface area contributed by atoms with E-state index in [2.05, 4.69) is 10.3 Å². The Morgan fingerprint density at radius 3 is 2.88 bits per heavy atom. The summed E-state index contributed by atoms with van der Waals surface area (Å²) in [4.78, 5) is 42.5. The summed E-state index contributed by atoms with van der Waals surface area (Å²) in [6.07, 6.45) is 3.81. The lowest BCUT2D eigenvalue weighted by Crippen LogP contribution is -2.39. The molecule has 1 aliphatic rings. The van der Waals surface area contributed by atoms with Gasteiger partial charge in [0.2, 0.25) is 5.91 Å². The molecule has 2 aromatic rings. The van der Waals surface area contributed by atoms with Crippen LogP contribution in [0, 0.1) is 0 Å². The molecule has 3 N–H and O–H groups in total. The van der Waals surface area contributed by atoms with Crippen molar-refractivity contribution in [3.63, 3.8) is 0 Å². The third-order valence-electron chi connectivity index (χ3n) is 4.13. The van der Waals surface area contributed by atoms with Gasteiger partial charge in [0.15, 0.2) is 5.16 Å². The van der Waals surface area contributed by atoms with E-state index in [9.17, 15) is 14.4 Å². The molecule has 1 aliphatic carbocycles. The fourth-order valence-corrected chi connectivity index (χ4v) is 5.24. The highest BCUT2D eigenvalue weighted by Crippen LogP contribution is 2.36. The lowest BCUT2D eigenvalue weighted by molar-refractivity contribution is -0.119. The number of aryl methyl sites for hydroxylation is 2. The number of thiophene rings is 1. The first-order valence-corrected chi connectivity index (χ1v) is 9.94. The van der Waals surface area contributed by atoms with E-state index in [4.69, 9.17) is 5.73 Å². The van der Waals surface area contributed by atoms with Gasteiger partial charge in [-0.3, -0.25) is 19.5 Å². The summed E-state index contributed by atoms with van der Waals surface area (Å²) in [7, 11) is 0. The van der Waals surface area contributed by atoms with Gasteiger partial charge in [0, 0.05) is 11.4 Å². The van der Waals surface area contributed by atoms with Crippen LogP contribution in [-0.2, 0) is 24.2 Å². The first-order valence-electron chi connectivity index (χ1n) is 8.24. The molecule has 0 aromatic carbocycles. The number of fused-ring (bicyclic) bond motifs is 3. The molecule has 25 heavy (non-hydrogen) atoms. The van der Waals surface area contributed by atoms with Crippen LogP contribution in [0.3, 0.4) is 0 Å². The predicted molar refractivity (Wildman–Crippen MR) is 99.2 cm³/mol. The summed E-state index contributed by atoms with van der Waals surface area (Å²) in [5, 5.41) is 2.72. The maximum Gasteiger partial charge on any atom is 0.318 e. The maximum absolute atomic E-state index is 13.0. The second kappa shape index (κ2) is 7.17. The van der Waals surface area contributed by atoms with E-state index in [1.165, 1.54) is 16.6 Å². The van der Waals surface area contributed by atoms with Crippen LogP contribution in [0.15, 0.2) is 9.95 Å². The van der Waals surface area contributed by atoms with E-state index < -0.39 is 17.2 Å². The second-order valence-electron chi connectivity index (χ2n) is 6.00. The van der Waals surface area contributed by atoms with Crippen molar-refractivity contribution in [2.45, 2.75) is 56.5 Å². The molecule has 2 heterocycles. The van der Waals surface area contributed by atoms with E-state index in [1.54, 1.807) is 22.8 Å². The number of rotatable bonds is 5. The van der Waals surface area contributed by atoms with Gasteiger partial charge in [-0.25, -0.2) is 9.78 Å². The number of hydrogen-bond donors (Lipinski definition) is 2. The Bertz CT molecular complexity index is 903. The Morgan fingerprint density at radius 1 is 1.44 bits per heavy atom. The van der Waals surface area contributed by atoms with E-state index in [1.807, 2.05) is 6.92 Å². The van der Waals surface area contributed by atoms with Crippen LogP contribution in [0.25, 0.3) is 10.2 Å². The molecule has 2 aromatic heterocycles. The van der Waals surface area contributed by atoms with Crippen LogP contribution >= 0.6 is 23.1 Å². The molecular weight excluding hydrogens is 360 g/mol. The zero-order chi connectivity index (χ0) is 18.1. The predicted octanol–water partition coefficient (Wildman–Crippen LogP) is 2.03. The number of primary amides is 1. The first kappa shape index (κ1) is 17.9. The Labute approximate surface area is 153 Å². The number of thioether (sulfide) groups is 1. The Balaban J connectivity index is 2.02. The number of nitrogens with zero attached hydrogens (tertiary/aromatic N) is 2. The van der Waals surface area contributed by atoms with E-state index in [0.717, 1.165) is 41.5 Å². The largest absolute Gasteiger partial charge is 0.351 e. The smallest absolute Gasteiger partial charge is 0.318 e. The average molecular weight is 380 g/mol. The standard InChI is InChI=1S/C16H20N4O3S2/c1-3-7-20-14(22)11-9-5-4-6-10(9)25-13(11)19-16(20)24-8(2)12(21)18-15(17)23/h8H,3-7H2,1-2H3,(H3,17,18,21,23)/t8-/m0/s1. The molecule has 0 radical (unpaired) electrons. The minimum atomic E-state index is -0.888. The molecule has 0 spiro atoms. The van der Waals surface area contributed by atoms with Crippen LogP contribution in [0.2, 0.25) is 0 Å². The highest BCUT2D eigenvalue weighted by molar-refractivity contribution is 8.00. The number of imide groups is 1. The summed E-state index contributed by atoms with van der Waals surface area (Å²) in [5.74, 6) is -0.497. The van der Waals surface area contributed by atoms with E-state index in [-0.39, 0.29) is 5.56 Å². The maximum atomic E-state index is 13.0. The summed E-state index contributed by atoms with van der Waals surface area (Å²) in [6, 6.07) is -0.888. The van der Waals surface area contributed by atoms with Gasteiger partial charge < -0.3 is 5.73 Å². The molecule has 3 rings (SSSR count). The van der Waals surface area contributed by atoms with Gasteiger partial charge >= 0.3 is 6.03 Å². The SMILES string of the molecule is CCCn1c(S[C@@H](C)C(=O)NC(N)=O)nc2sc3c(c2c1=O)CCC3. The molecule has 0 bridgehead atoms. The zero-order valence-electron chi connectivity index (χ0n) is 14.1. The Hall–Kier alpha value is -1.87. The fraction of sp³-hybridized carbons (Fsp3) is 0.500. The summed E-state index contributed by atoms with van der Waals surface area (Å²) in [5.41, 5.74) is 6.11. The van der Waals surface area contributed by atoms with Gasteiger partial charge in [0.1, 0.15) is 4.83 Å². The number of aromatic nitrogens is 2. The number of carbonyl (C=O) groups excluding carboxylic acids is 2. The number of nitrogens with one attached hydrogen (secondary N) is 1. The number of hydrogen-bond acceptors (Lipinski definition) is 6. The van der Waals surface area contributed by atoms with Crippen LogP contribution in [-0.4, -0.2) is 26.7 Å². The lowest BCUT2D eigenvalue weighted by Gasteiger charge is -2.14. The number of urea groups is 1. The fourth-order valence-electron chi connectivity index (χ4n) is 3.00. The normalized spacial score (nSPS) is 14.5. The van der Waals surface area contributed by atoms with Gasteiger partial charge in [-0.15, -0.1) is 11.3 Å². The van der Waals surface area contributed by atoms with Crippen LogP contribution in [0.4, 0.5) is 4.79 Å². The molecule has 1 atom stereocenters. The molecule has 0 saturated heterocycles. The third-order valence-corrected chi connectivity index (χ3v) is 6.41.